The summed E-state index contributed by atoms with van der Waals surface area (Å²) in [6.07, 6.45) is 4.33. The lowest BCUT2D eigenvalue weighted by molar-refractivity contribution is 0.198. The van der Waals surface area contributed by atoms with Crippen LogP contribution in [0.4, 0.5) is 5.69 Å². The first-order valence-electron chi connectivity index (χ1n) is 4.72. The van der Waals surface area contributed by atoms with Crippen LogP contribution in [0.5, 0.6) is 0 Å². The fourth-order valence-electron chi connectivity index (χ4n) is 1.19. The minimum absolute atomic E-state index is 0.381. The van der Waals surface area contributed by atoms with Crippen LogP contribution in [0.2, 0.25) is 0 Å². The van der Waals surface area contributed by atoms with Crippen molar-refractivity contribution in [2.24, 2.45) is 5.73 Å². The molecule has 1 aromatic heterocycles. The van der Waals surface area contributed by atoms with Gasteiger partial charge >= 0.3 is 0 Å². The summed E-state index contributed by atoms with van der Waals surface area (Å²) < 4.78 is 4.95. The molecule has 0 unspecified atom stereocenters. The highest BCUT2D eigenvalue weighted by atomic mass is 32.1. The van der Waals surface area contributed by atoms with Crippen molar-refractivity contribution in [1.82, 2.24) is 4.98 Å². The number of nitrogens with two attached hydrogens (primary N) is 1. The predicted molar refractivity (Wildman–Crippen MR) is 65.1 cm³/mol. The Kier molecular flexibility index (Phi) is 5.00. The molecule has 82 valence electrons. The SMILES string of the molecule is COCCCNc1cnccc1C(N)=S. The summed E-state index contributed by atoms with van der Waals surface area (Å²) in [6.45, 7) is 1.55. The van der Waals surface area contributed by atoms with Gasteiger partial charge in [0.1, 0.15) is 4.99 Å². The Morgan fingerprint density at radius 2 is 2.47 bits per heavy atom. The minimum atomic E-state index is 0.381. The van der Waals surface area contributed by atoms with E-state index in [1.165, 1.54) is 0 Å². The Labute approximate surface area is 94.8 Å². The minimum Gasteiger partial charge on any atom is -0.389 e. The number of hydrogen-bond acceptors (Lipinski definition) is 4. The fourth-order valence-corrected chi connectivity index (χ4v) is 1.37. The molecule has 3 N–H and O–H groups in total. The molecule has 0 radical (unpaired) electrons. The molecule has 0 aliphatic rings. The molecule has 0 spiro atoms. The van der Waals surface area contributed by atoms with Crippen molar-refractivity contribution in [2.45, 2.75) is 6.42 Å². The number of methoxy groups -OCH3 is 1. The van der Waals surface area contributed by atoms with Gasteiger partial charge in [0.05, 0.1) is 11.9 Å². The third kappa shape index (κ3) is 3.81. The van der Waals surface area contributed by atoms with Crippen LogP contribution in [0.15, 0.2) is 18.5 Å². The van der Waals surface area contributed by atoms with Crippen LogP contribution in [-0.4, -0.2) is 30.2 Å². The summed E-state index contributed by atoms with van der Waals surface area (Å²) in [6, 6.07) is 1.81. The van der Waals surface area contributed by atoms with Gasteiger partial charge in [-0.3, -0.25) is 4.98 Å². The number of aromatic nitrogens is 1. The summed E-state index contributed by atoms with van der Waals surface area (Å²) in [5.74, 6) is 0. The third-order valence-corrected chi connectivity index (χ3v) is 2.15. The van der Waals surface area contributed by atoms with Crippen LogP contribution in [0, 0.1) is 0 Å². The molecule has 0 atom stereocenters. The highest BCUT2D eigenvalue weighted by molar-refractivity contribution is 7.80. The molecule has 15 heavy (non-hydrogen) atoms. The molecular formula is C10H15N3OS. The van der Waals surface area contributed by atoms with E-state index in [4.69, 9.17) is 22.7 Å². The highest BCUT2D eigenvalue weighted by Gasteiger charge is 2.03. The summed E-state index contributed by atoms with van der Waals surface area (Å²) in [7, 11) is 1.69. The zero-order valence-corrected chi connectivity index (χ0v) is 9.51. The zero-order valence-electron chi connectivity index (χ0n) is 8.69. The first-order valence-corrected chi connectivity index (χ1v) is 5.13. The Balaban J connectivity index is 2.56. The summed E-state index contributed by atoms with van der Waals surface area (Å²) in [4.78, 5) is 4.40. The monoisotopic (exact) mass is 225 g/mol. The molecule has 5 heteroatoms. The third-order valence-electron chi connectivity index (χ3n) is 1.93. The first kappa shape index (κ1) is 11.9. The lowest BCUT2D eigenvalue weighted by Crippen LogP contribution is -2.14. The molecule has 1 heterocycles. The zero-order chi connectivity index (χ0) is 11.1. The van der Waals surface area contributed by atoms with Gasteiger partial charge in [-0.25, -0.2) is 0 Å². The molecule has 0 saturated carbocycles. The second-order valence-corrected chi connectivity index (χ2v) is 3.50. The topological polar surface area (TPSA) is 60.2 Å². The summed E-state index contributed by atoms with van der Waals surface area (Å²) >= 11 is 4.94. The number of pyridine rings is 1. The van der Waals surface area contributed by atoms with Crippen LogP contribution in [-0.2, 0) is 4.74 Å². The van der Waals surface area contributed by atoms with Gasteiger partial charge in [0, 0.05) is 32.0 Å². The van der Waals surface area contributed by atoms with E-state index in [1.54, 1.807) is 25.6 Å². The maximum atomic E-state index is 5.58. The van der Waals surface area contributed by atoms with Gasteiger partial charge in [-0.05, 0) is 12.5 Å². The molecule has 0 saturated heterocycles. The molecule has 0 aliphatic carbocycles. The van der Waals surface area contributed by atoms with Gasteiger partial charge in [-0.1, -0.05) is 12.2 Å². The van der Waals surface area contributed by atoms with Crippen molar-refractivity contribution in [3.63, 3.8) is 0 Å². The molecule has 4 nitrogen and oxygen atoms in total. The standard InChI is InChI=1S/C10H15N3OS/c1-14-6-2-4-13-9-7-12-5-3-8(9)10(11)15/h3,5,7,13H,2,4,6H2,1H3,(H2,11,15). The summed E-state index contributed by atoms with van der Waals surface area (Å²) in [5, 5.41) is 3.22. The molecule has 1 rings (SSSR count). The number of hydrogen-bond donors (Lipinski definition) is 2. The van der Waals surface area contributed by atoms with Gasteiger partial charge in [0.15, 0.2) is 0 Å². The van der Waals surface area contributed by atoms with E-state index in [0.717, 1.165) is 30.8 Å². The van der Waals surface area contributed by atoms with Crippen LogP contribution >= 0.6 is 12.2 Å². The van der Waals surface area contributed by atoms with Gasteiger partial charge in [0.2, 0.25) is 0 Å². The first-order chi connectivity index (χ1) is 7.25. The second kappa shape index (κ2) is 6.31. The van der Waals surface area contributed by atoms with E-state index < -0.39 is 0 Å². The van der Waals surface area contributed by atoms with E-state index in [-0.39, 0.29) is 0 Å². The highest BCUT2D eigenvalue weighted by Crippen LogP contribution is 2.12. The number of rotatable bonds is 6. The molecule has 0 aliphatic heterocycles. The maximum Gasteiger partial charge on any atom is 0.106 e. The number of thiocarbonyl (C=S) groups is 1. The van der Waals surface area contributed by atoms with Crippen molar-refractivity contribution < 1.29 is 4.74 Å². The number of anilines is 1. The van der Waals surface area contributed by atoms with Crippen molar-refractivity contribution >= 4 is 22.9 Å². The van der Waals surface area contributed by atoms with Crippen molar-refractivity contribution in [1.29, 1.82) is 0 Å². The molecule has 0 amide bonds. The average molecular weight is 225 g/mol. The second-order valence-electron chi connectivity index (χ2n) is 3.06. The van der Waals surface area contributed by atoms with Crippen molar-refractivity contribution in [2.75, 3.05) is 25.6 Å². The predicted octanol–water partition coefficient (Wildman–Crippen LogP) is 1.16. The van der Waals surface area contributed by atoms with Crippen LogP contribution in [0.3, 0.4) is 0 Å². The van der Waals surface area contributed by atoms with E-state index in [2.05, 4.69) is 10.3 Å². The Morgan fingerprint density at radius 3 is 3.13 bits per heavy atom. The number of ether oxygens (including phenoxy) is 1. The van der Waals surface area contributed by atoms with E-state index in [0.29, 0.717) is 4.99 Å². The molecule has 0 bridgehead atoms. The fraction of sp³-hybridized carbons (Fsp3) is 0.400. The van der Waals surface area contributed by atoms with Crippen LogP contribution < -0.4 is 11.1 Å². The van der Waals surface area contributed by atoms with E-state index in [1.807, 2.05) is 0 Å². The van der Waals surface area contributed by atoms with Crippen molar-refractivity contribution in [3.05, 3.63) is 24.0 Å². The lowest BCUT2D eigenvalue weighted by Gasteiger charge is -2.09. The lowest BCUT2D eigenvalue weighted by atomic mass is 10.2. The molecular weight excluding hydrogens is 210 g/mol. The smallest absolute Gasteiger partial charge is 0.106 e. The molecule has 0 aromatic carbocycles. The normalized spacial score (nSPS) is 9.93. The van der Waals surface area contributed by atoms with Crippen LogP contribution in [0.1, 0.15) is 12.0 Å². The Morgan fingerprint density at radius 1 is 1.67 bits per heavy atom. The van der Waals surface area contributed by atoms with E-state index in [9.17, 15) is 0 Å². The van der Waals surface area contributed by atoms with Gasteiger partial charge in [-0.2, -0.15) is 0 Å². The largest absolute Gasteiger partial charge is 0.389 e. The van der Waals surface area contributed by atoms with Gasteiger partial charge in [-0.15, -0.1) is 0 Å². The Bertz CT molecular complexity index is 330. The number of nitrogens with zero attached hydrogens (tertiary/aromatic N) is 1. The van der Waals surface area contributed by atoms with Gasteiger partial charge < -0.3 is 15.8 Å². The Hall–Kier alpha value is -1.20. The van der Waals surface area contributed by atoms with Crippen LogP contribution in [0.25, 0.3) is 0 Å². The van der Waals surface area contributed by atoms with Crippen molar-refractivity contribution in [3.8, 4) is 0 Å². The summed E-state index contributed by atoms with van der Waals surface area (Å²) in [5.41, 5.74) is 7.29. The maximum absolute atomic E-state index is 5.58. The molecule has 0 fully saturated rings. The number of nitrogens with one attached hydrogen (secondary N) is 1. The molecule has 1 aromatic rings. The quantitative estimate of drug-likeness (QED) is 0.562. The van der Waals surface area contributed by atoms with E-state index >= 15 is 0 Å². The van der Waals surface area contributed by atoms with Gasteiger partial charge in [0.25, 0.3) is 0 Å². The average Bonchev–Trinajstić information content (AvgIpc) is 2.25.